The Bertz CT molecular complexity index is 266. The number of hydrogen-bond acceptors (Lipinski definition) is 0. The number of allylic oxidation sites excluding steroid dienone is 6. The Morgan fingerprint density at radius 1 is 1.30 bits per heavy atom. The molecule has 10 heavy (non-hydrogen) atoms. The Morgan fingerprint density at radius 3 is 3.20 bits per heavy atom. The minimum Gasteiger partial charge on any atom is -0.0839 e. The van der Waals surface area contributed by atoms with Gasteiger partial charge in [-0.3, -0.25) is 0 Å². The standard InChI is InChI=1S/C10H10/c1-2-4-9-7(3-1)5-8-6-10(8)9/h1-3,5,9-10H,4,6H2. The molecule has 2 unspecified atom stereocenters. The zero-order valence-corrected chi connectivity index (χ0v) is 5.88. The van der Waals surface area contributed by atoms with Gasteiger partial charge in [-0.2, -0.15) is 0 Å². The van der Waals surface area contributed by atoms with Gasteiger partial charge in [0, 0.05) is 0 Å². The fraction of sp³-hybridized carbons (Fsp3) is 0.400. The highest BCUT2D eigenvalue weighted by molar-refractivity contribution is 5.48. The summed E-state index contributed by atoms with van der Waals surface area (Å²) in [5, 5.41) is 0. The average molecular weight is 130 g/mol. The normalized spacial score (nSPS) is 40.0. The van der Waals surface area contributed by atoms with Gasteiger partial charge >= 0.3 is 0 Å². The maximum Gasteiger partial charge on any atom is -0.00585 e. The molecule has 0 aromatic carbocycles. The van der Waals surface area contributed by atoms with Gasteiger partial charge in [0.05, 0.1) is 0 Å². The van der Waals surface area contributed by atoms with Crippen LogP contribution in [0.4, 0.5) is 0 Å². The summed E-state index contributed by atoms with van der Waals surface area (Å²) in [4.78, 5) is 0. The summed E-state index contributed by atoms with van der Waals surface area (Å²) in [6, 6.07) is 0. The lowest BCUT2D eigenvalue weighted by Gasteiger charge is -2.14. The van der Waals surface area contributed by atoms with Gasteiger partial charge in [-0.05, 0) is 30.3 Å². The van der Waals surface area contributed by atoms with Crippen LogP contribution < -0.4 is 0 Å². The predicted molar refractivity (Wildman–Crippen MR) is 41.5 cm³/mol. The molecule has 0 aromatic heterocycles. The smallest absolute Gasteiger partial charge is 0.00585 e. The van der Waals surface area contributed by atoms with E-state index in [1.54, 1.807) is 11.1 Å². The number of fused-ring (bicyclic) bond motifs is 3. The largest absolute Gasteiger partial charge is 0.0839 e. The molecule has 0 nitrogen and oxygen atoms in total. The summed E-state index contributed by atoms with van der Waals surface area (Å²) in [5.74, 6) is 1.86. The summed E-state index contributed by atoms with van der Waals surface area (Å²) >= 11 is 0. The van der Waals surface area contributed by atoms with Crippen LogP contribution in [0.2, 0.25) is 0 Å². The molecule has 0 radical (unpaired) electrons. The second-order valence-electron chi connectivity index (χ2n) is 3.47. The Morgan fingerprint density at radius 2 is 2.30 bits per heavy atom. The highest BCUT2D eigenvalue weighted by Crippen LogP contribution is 2.55. The van der Waals surface area contributed by atoms with E-state index in [1.165, 1.54) is 12.8 Å². The molecule has 0 bridgehead atoms. The highest BCUT2D eigenvalue weighted by Gasteiger charge is 2.43. The molecule has 0 saturated heterocycles. The van der Waals surface area contributed by atoms with Crippen molar-refractivity contribution in [2.24, 2.45) is 11.8 Å². The van der Waals surface area contributed by atoms with Crippen LogP contribution >= 0.6 is 0 Å². The second-order valence-corrected chi connectivity index (χ2v) is 3.47. The molecule has 3 aliphatic carbocycles. The Balaban J connectivity index is 2.09. The summed E-state index contributed by atoms with van der Waals surface area (Å²) in [7, 11) is 0. The van der Waals surface area contributed by atoms with Crippen LogP contribution in [0.15, 0.2) is 35.5 Å². The Kier molecular flexibility index (Phi) is 0.715. The molecule has 2 atom stereocenters. The van der Waals surface area contributed by atoms with Crippen LogP contribution in [-0.4, -0.2) is 0 Å². The van der Waals surface area contributed by atoms with Crippen molar-refractivity contribution >= 4 is 0 Å². The fourth-order valence-corrected chi connectivity index (χ4v) is 2.19. The molecule has 0 spiro atoms. The molecule has 1 saturated carbocycles. The quantitative estimate of drug-likeness (QED) is 0.472. The van der Waals surface area contributed by atoms with E-state index in [1.807, 2.05) is 0 Å². The van der Waals surface area contributed by atoms with E-state index < -0.39 is 0 Å². The third-order valence-corrected chi connectivity index (χ3v) is 2.85. The van der Waals surface area contributed by atoms with Crippen LogP contribution in [-0.2, 0) is 0 Å². The van der Waals surface area contributed by atoms with Crippen molar-refractivity contribution in [1.82, 2.24) is 0 Å². The van der Waals surface area contributed by atoms with Crippen LogP contribution in [0, 0.1) is 11.8 Å². The second kappa shape index (κ2) is 1.45. The summed E-state index contributed by atoms with van der Waals surface area (Å²) in [5.41, 5.74) is 3.30. The Hall–Kier alpha value is -0.780. The van der Waals surface area contributed by atoms with Crippen LogP contribution in [0.25, 0.3) is 0 Å². The summed E-state index contributed by atoms with van der Waals surface area (Å²) in [6.45, 7) is 0. The first kappa shape index (κ1) is 4.95. The van der Waals surface area contributed by atoms with E-state index in [4.69, 9.17) is 0 Å². The molecule has 50 valence electrons. The molecule has 0 heteroatoms. The molecule has 3 rings (SSSR count). The Labute approximate surface area is 60.9 Å². The molecule has 0 amide bonds. The van der Waals surface area contributed by atoms with Gasteiger partial charge in [0.1, 0.15) is 0 Å². The molecule has 1 fully saturated rings. The van der Waals surface area contributed by atoms with Crippen molar-refractivity contribution in [3.63, 3.8) is 0 Å². The van der Waals surface area contributed by atoms with Gasteiger partial charge in [-0.15, -0.1) is 0 Å². The maximum atomic E-state index is 2.40. The minimum absolute atomic E-state index is 0.889. The van der Waals surface area contributed by atoms with Gasteiger partial charge in [-0.1, -0.05) is 29.9 Å². The zero-order valence-electron chi connectivity index (χ0n) is 5.88. The van der Waals surface area contributed by atoms with Crippen LogP contribution in [0.5, 0.6) is 0 Å². The topological polar surface area (TPSA) is 0 Å². The minimum atomic E-state index is 0.889. The molecular formula is C10H10. The third kappa shape index (κ3) is 0.476. The summed E-state index contributed by atoms with van der Waals surface area (Å²) in [6.07, 6.45) is 11.8. The van der Waals surface area contributed by atoms with Gasteiger partial charge < -0.3 is 0 Å². The molecule has 0 N–H and O–H groups in total. The van der Waals surface area contributed by atoms with Crippen molar-refractivity contribution in [2.45, 2.75) is 12.8 Å². The lowest BCUT2D eigenvalue weighted by Crippen LogP contribution is -2.02. The van der Waals surface area contributed by atoms with Crippen molar-refractivity contribution in [1.29, 1.82) is 0 Å². The van der Waals surface area contributed by atoms with E-state index >= 15 is 0 Å². The van der Waals surface area contributed by atoms with Crippen molar-refractivity contribution in [3.8, 4) is 0 Å². The van der Waals surface area contributed by atoms with Crippen molar-refractivity contribution < 1.29 is 0 Å². The van der Waals surface area contributed by atoms with Crippen molar-refractivity contribution in [2.75, 3.05) is 0 Å². The van der Waals surface area contributed by atoms with Crippen LogP contribution in [0.3, 0.4) is 0 Å². The first-order valence-electron chi connectivity index (χ1n) is 4.02. The van der Waals surface area contributed by atoms with Gasteiger partial charge in [0.2, 0.25) is 0 Å². The van der Waals surface area contributed by atoms with E-state index in [0.717, 1.165) is 11.8 Å². The molecule has 3 aliphatic rings. The van der Waals surface area contributed by atoms with E-state index in [0.29, 0.717) is 0 Å². The zero-order chi connectivity index (χ0) is 6.55. The predicted octanol–water partition coefficient (Wildman–Crippen LogP) is 2.45. The summed E-state index contributed by atoms with van der Waals surface area (Å²) < 4.78 is 0. The molecular weight excluding hydrogens is 120 g/mol. The number of hydrogen-bond donors (Lipinski definition) is 0. The van der Waals surface area contributed by atoms with E-state index in [9.17, 15) is 0 Å². The van der Waals surface area contributed by atoms with Gasteiger partial charge in [-0.25, -0.2) is 0 Å². The average Bonchev–Trinajstić information content (AvgIpc) is 2.64. The van der Waals surface area contributed by atoms with Gasteiger partial charge in [0.25, 0.3) is 0 Å². The van der Waals surface area contributed by atoms with Gasteiger partial charge in [0.15, 0.2) is 0 Å². The lowest BCUT2D eigenvalue weighted by atomic mass is 9.91. The third-order valence-electron chi connectivity index (χ3n) is 2.85. The first-order chi connectivity index (χ1) is 4.95. The van der Waals surface area contributed by atoms with Crippen molar-refractivity contribution in [3.05, 3.63) is 35.5 Å². The lowest BCUT2D eigenvalue weighted by molar-refractivity contribution is 0.580. The van der Waals surface area contributed by atoms with E-state index in [-0.39, 0.29) is 0 Å². The highest BCUT2D eigenvalue weighted by atomic mass is 14.5. The number of rotatable bonds is 0. The molecule has 0 heterocycles. The fourth-order valence-electron chi connectivity index (χ4n) is 2.19. The van der Waals surface area contributed by atoms with Crippen LogP contribution in [0.1, 0.15) is 12.8 Å². The maximum absolute atomic E-state index is 2.40. The SMILES string of the molecule is C1=CCC2C(=C1)C=C1CC12. The monoisotopic (exact) mass is 130 g/mol. The molecule has 0 aromatic rings. The molecule has 0 aliphatic heterocycles. The first-order valence-corrected chi connectivity index (χ1v) is 4.02. The van der Waals surface area contributed by atoms with E-state index in [2.05, 4.69) is 24.3 Å².